The molecule has 2 aromatic heterocycles. The van der Waals surface area contributed by atoms with Crippen LogP contribution in [0.15, 0.2) is 42.6 Å². The number of anilines is 1. The summed E-state index contributed by atoms with van der Waals surface area (Å²) in [7, 11) is 4.00. The fraction of sp³-hybridized carbons (Fsp3) is 0.412. The molecule has 1 aliphatic heterocycles. The monoisotopic (exact) mass is 326 g/mol. The second-order valence-corrected chi connectivity index (χ2v) is 6.07. The third kappa shape index (κ3) is 3.48. The number of nitrogens with zero attached hydrogens (tertiary/aromatic N) is 6. The fourth-order valence-corrected chi connectivity index (χ4v) is 2.87. The molecule has 3 rings (SSSR count). The van der Waals surface area contributed by atoms with Crippen molar-refractivity contribution in [2.45, 2.75) is 0 Å². The Labute approximate surface area is 141 Å². The highest BCUT2D eigenvalue weighted by molar-refractivity contribution is 5.73. The Hall–Kier alpha value is -2.63. The lowest BCUT2D eigenvalue weighted by molar-refractivity contribution is 0.332. The Kier molecular flexibility index (Phi) is 4.93. The molecule has 1 saturated heterocycles. The summed E-state index contributed by atoms with van der Waals surface area (Å²) in [6.45, 7) is 4.09. The maximum absolute atomic E-state index is 11.3. The lowest BCUT2D eigenvalue weighted by Crippen LogP contribution is -2.45. The van der Waals surface area contributed by atoms with Gasteiger partial charge in [-0.1, -0.05) is 6.08 Å². The van der Waals surface area contributed by atoms with E-state index < -0.39 is 0 Å². The van der Waals surface area contributed by atoms with Gasteiger partial charge in [0, 0.05) is 38.9 Å². The molecule has 0 bridgehead atoms. The molecule has 126 valence electrons. The van der Waals surface area contributed by atoms with Crippen LogP contribution in [0.3, 0.4) is 0 Å². The van der Waals surface area contributed by atoms with E-state index in [2.05, 4.69) is 36.8 Å². The minimum atomic E-state index is 0.626. The van der Waals surface area contributed by atoms with Gasteiger partial charge >= 0.3 is 0 Å². The topological polar surface area (TPSA) is 57.0 Å². The lowest BCUT2D eigenvalue weighted by atomic mass is 10.2. The van der Waals surface area contributed by atoms with Crippen molar-refractivity contribution < 1.29 is 4.79 Å². The molecule has 0 N–H and O–H groups in total. The molecule has 0 spiro atoms. The van der Waals surface area contributed by atoms with Crippen LogP contribution < -0.4 is 4.90 Å². The molecule has 0 aliphatic carbocycles. The van der Waals surface area contributed by atoms with Gasteiger partial charge in [-0.25, -0.2) is 14.3 Å². The first-order valence-corrected chi connectivity index (χ1v) is 8.02. The first kappa shape index (κ1) is 16.2. The van der Waals surface area contributed by atoms with Gasteiger partial charge in [-0.3, -0.25) is 0 Å². The predicted octanol–water partition coefficient (Wildman–Crippen LogP) is 0.685. The van der Waals surface area contributed by atoms with Crippen LogP contribution >= 0.6 is 0 Å². The zero-order chi connectivity index (χ0) is 16.9. The van der Waals surface area contributed by atoms with Crippen LogP contribution in [0.25, 0.3) is 5.52 Å². The minimum Gasteiger partial charge on any atom is -0.366 e. The summed E-state index contributed by atoms with van der Waals surface area (Å²) in [5.74, 6) is 2.07. The number of carbonyl (C=O) groups excluding carboxylic acids is 1. The summed E-state index contributed by atoms with van der Waals surface area (Å²) in [6, 6.07) is 2.06. The summed E-state index contributed by atoms with van der Waals surface area (Å²) in [5.41, 5.74) is 2.76. The largest absolute Gasteiger partial charge is 0.366 e. The van der Waals surface area contributed by atoms with Crippen molar-refractivity contribution in [2.24, 2.45) is 0 Å². The molecule has 0 saturated carbocycles. The number of allylic oxidation sites excluding steroid dienone is 1. The summed E-state index contributed by atoms with van der Waals surface area (Å²) >= 11 is 0. The van der Waals surface area contributed by atoms with Crippen molar-refractivity contribution in [1.82, 2.24) is 24.4 Å². The van der Waals surface area contributed by atoms with Gasteiger partial charge in [-0.15, -0.1) is 0 Å². The van der Waals surface area contributed by atoms with Crippen LogP contribution in [-0.4, -0.2) is 77.2 Å². The highest BCUT2D eigenvalue weighted by atomic mass is 16.1. The molecular formula is C17H22N6O. The molecule has 0 amide bonds. The zero-order valence-electron chi connectivity index (χ0n) is 14.1. The molecule has 7 nitrogen and oxygen atoms in total. The van der Waals surface area contributed by atoms with Crippen molar-refractivity contribution in [3.8, 4) is 0 Å². The van der Waals surface area contributed by atoms with E-state index in [1.165, 1.54) is 6.33 Å². The Morgan fingerprint density at radius 3 is 2.83 bits per heavy atom. The van der Waals surface area contributed by atoms with Gasteiger partial charge in [-0.05, 0) is 26.2 Å². The maximum Gasteiger partial charge on any atom is 0.150 e. The lowest BCUT2D eigenvalue weighted by Gasteiger charge is -2.36. The van der Waals surface area contributed by atoms with Gasteiger partial charge in [0.2, 0.25) is 0 Å². The van der Waals surface area contributed by atoms with E-state index in [0.29, 0.717) is 5.70 Å². The number of hydrogen-bond donors (Lipinski definition) is 0. The molecule has 1 fully saturated rings. The van der Waals surface area contributed by atoms with Crippen LogP contribution in [0, 0.1) is 0 Å². The average molecular weight is 326 g/mol. The molecule has 3 heterocycles. The van der Waals surface area contributed by atoms with E-state index in [4.69, 9.17) is 0 Å². The van der Waals surface area contributed by atoms with E-state index in [-0.39, 0.29) is 0 Å². The molecule has 0 unspecified atom stereocenters. The van der Waals surface area contributed by atoms with Gasteiger partial charge < -0.3 is 14.7 Å². The third-order valence-corrected chi connectivity index (χ3v) is 4.13. The third-order valence-electron chi connectivity index (χ3n) is 4.13. The predicted molar refractivity (Wildman–Crippen MR) is 93.7 cm³/mol. The smallest absolute Gasteiger partial charge is 0.150 e. The second kappa shape index (κ2) is 7.29. The van der Waals surface area contributed by atoms with E-state index >= 15 is 0 Å². The fourth-order valence-electron chi connectivity index (χ4n) is 2.87. The number of likely N-dealkylation sites (N-methyl/N-ethyl adjacent to an activating group) is 1. The number of piperazine rings is 1. The minimum absolute atomic E-state index is 0.626. The second-order valence-electron chi connectivity index (χ2n) is 6.07. The van der Waals surface area contributed by atoms with Crippen LogP contribution in [0.5, 0.6) is 0 Å². The van der Waals surface area contributed by atoms with Gasteiger partial charge in [0.1, 0.15) is 23.5 Å². The van der Waals surface area contributed by atoms with Gasteiger partial charge in [0.25, 0.3) is 0 Å². The Morgan fingerprint density at radius 1 is 1.33 bits per heavy atom. The quantitative estimate of drug-likeness (QED) is 0.595. The Bertz CT molecular complexity index is 766. The van der Waals surface area contributed by atoms with Crippen molar-refractivity contribution in [3.05, 3.63) is 42.6 Å². The molecule has 7 heteroatoms. The molecule has 0 atom stereocenters. The Morgan fingerprint density at radius 2 is 2.12 bits per heavy atom. The maximum atomic E-state index is 11.3. The van der Waals surface area contributed by atoms with Gasteiger partial charge in [0.15, 0.2) is 0 Å². The van der Waals surface area contributed by atoms with Crippen LogP contribution in [0.2, 0.25) is 0 Å². The van der Waals surface area contributed by atoms with Crippen molar-refractivity contribution in [2.75, 3.05) is 51.7 Å². The summed E-state index contributed by atoms with van der Waals surface area (Å²) in [6.07, 6.45) is 9.17. The standard InChI is InChI=1S/C17H22N6O/c1-20(2)6-3-4-15(13-24)21-8-10-22(11-9-21)16-5-7-23-17(16)12-18-14-19-23/h3-5,7,12,14H,6,8-11H2,1-2H3/b4-3+. The molecule has 24 heavy (non-hydrogen) atoms. The number of rotatable bonds is 5. The Balaban J connectivity index is 1.65. The molecule has 1 aliphatic rings. The normalized spacial score (nSPS) is 15.5. The molecule has 0 radical (unpaired) electrons. The number of hydrogen-bond acceptors (Lipinski definition) is 6. The van der Waals surface area contributed by atoms with Crippen molar-refractivity contribution >= 4 is 17.1 Å². The highest BCUT2D eigenvalue weighted by Gasteiger charge is 2.20. The number of fused-ring (bicyclic) bond motifs is 1. The SMILES string of the molecule is CN(C)C/C=C/C(=C=O)N1CCN(c2ccn3ncncc23)CC1. The van der Waals surface area contributed by atoms with Gasteiger partial charge in [0.05, 0.1) is 11.9 Å². The van der Waals surface area contributed by atoms with Crippen molar-refractivity contribution in [3.63, 3.8) is 0 Å². The first-order valence-electron chi connectivity index (χ1n) is 8.02. The van der Waals surface area contributed by atoms with Crippen LogP contribution in [0.4, 0.5) is 5.69 Å². The average Bonchev–Trinajstić information content (AvgIpc) is 3.03. The molecular weight excluding hydrogens is 304 g/mol. The van der Waals surface area contributed by atoms with Crippen LogP contribution in [0.1, 0.15) is 0 Å². The van der Waals surface area contributed by atoms with E-state index in [1.807, 2.05) is 43.2 Å². The van der Waals surface area contributed by atoms with Crippen LogP contribution in [-0.2, 0) is 4.79 Å². The van der Waals surface area contributed by atoms with E-state index in [0.717, 1.165) is 43.9 Å². The van der Waals surface area contributed by atoms with E-state index in [9.17, 15) is 4.79 Å². The summed E-state index contributed by atoms with van der Waals surface area (Å²) in [4.78, 5) is 21.8. The summed E-state index contributed by atoms with van der Waals surface area (Å²) < 4.78 is 1.83. The van der Waals surface area contributed by atoms with Crippen molar-refractivity contribution in [1.29, 1.82) is 0 Å². The summed E-state index contributed by atoms with van der Waals surface area (Å²) in [5, 5.41) is 4.20. The van der Waals surface area contributed by atoms with Gasteiger partial charge in [-0.2, -0.15) is 5.10 Å². The molecule has 0 aromatic carbocycles. The number of aromatic nitrogens is 3. The zero-order valence-corrected chi connectivity index (χ0v) is 14.1. The first-order chi connectivity index (χ1) is 11.7. The molecule has 2 aromatic rings. The van der Waals surface area contributed by atoms with E-state index in [1.54, 1.807) is 0 Å². The highest BCUT2D eigenvalue weighted by Crippen LogP contribution is 2.23.